The third-order valence-corrected chi connectivity index (χ3v) is 9.76. The van der Waals surface area contributed by atoms with E-state index in [-0.39, 0.29) is 29.0 Å². The van der Waals surface area contributed by atoms with Gasteiger partial charge in [-0.15, -0.1) is 0 Å². The number of rotatable bonds is 3. The van der Waals surface area contributed by atoms with Crippen molar-refractivity contribution in [1.29, 1.82) is 0 Å². The summed E-state index contributed by atoms with van der Waals surface area (Å²) in [7, 11) is 0. The standard InChI is InChI=1S/C27H38N2O3/c1-18-5-6-20(13-19(18)2)29-11-9-28(10-12-29)16-22-21-14-24-26(3,15-23(21)32-25(22)30)7-4-8-27(24)17-31-27/h5-6,13,21-24H,4,7-12,14-17H2,1-3H3/t21-,22-,23+,24+,26+,27-/m0/s1. The molecule has 0 amide bonds. The lowest BCUT2D eigenvalue weighted by atomic mass is 9.53. The van der Waals surface area contributed by atoms with Crippen molar-refractivity contribution in [3.63, 3.8) is 0 Å². The van der Waals surface area contributed by atoms with Crippen LogP contribution in [0.5, 0.6) is 0 Å². The molecule has 2 saturated carbocycles. The van der Waals surface area contributed by atoms with Gasteiger partial charge in [0, 0.05) is 44.3 Å². The number of carbonyl (C=O) groups is 1. The predicted octanol–water partition coefficient (Wildman–Crippen LogP) is 3.95. The Morgan fingerprint density at radius 1 is 1.09 bits per heavy atom. The summed E-state index contributed by atoms with van der Waals surface area (Å²) in [6.45, 7) is 12.7. The van der Waals surface area contributed by atoms with Crippen LogP contribution in [0.1, 0.15) is 50.2 Å². The summed E-state index contributed by atoms with van der Waals surface area (Å²) in [6.07, 6.45) is 6.00. The second-order valence-electron chi connectivity index (χ2n) is 11.7. The van der Waals surface area contributed by atoms with Crippen molar-refractivity contribution in [2.45, 2.75) is 64.6 Å². The highest BCUT2D eigenvalue weighted by molar-refractivity contribution is 5.75. The lowest BCUT2D eigenvalue weighted by molar-refractivity contribution is -0.147. The van der Waals surface area contributed by atoms with E-state index in [1.165, 1.54) is 36.1 Å². The smallest absolute Gasteiger partial charge is 0.310 e. The third kappa shape index (κ3) is 3.38. The highest BCUT2D eigenvalue weighted by Gasteiger charge is 2.65. The number of benzene rings is 1. The van der Waals surface area contributed by atoms with E-state index >= 15 is 0 Å². The molecule has 3 heterocycles. The van der Waals surface area contributed by atoms with Gasteiger partial charge >= 0.3 is 5.97 Å². The number of fused-ring (bicyclic) bond motifs is 3. The van der Waals surface area contributed by atoms with E-state index < -0.39 is 0 Å². The van der Waals surface area contributed by atoms with Crippen molar-refractivity contribution in [2.75, 3.05) is 44.2 Å². The summed E-state index contributed by atoms with van der Waals surface area (Å²) in [5.74, 6) is 1.07. The second kappa shape index (κ2) is 7.46. The van der Waals surface area contributed by atoms with Crippen molar-refractivity contribution in [1.82, 2.24) is 4.90 Å². The summed E-state index contributed by atoms with van der Waals surface area (Å²) in [4.78, 5) is 18.0. The molecule has 32 heavy (non-hydrogen) atoms. The number of ether oxygens (including phenoxy) is 2. The topological polar surface area (TPSA) is 45.3 Å². The molecule has 1 spiro atoms. The van der Waals surface area contributed by atoms with Crippen LogP contribution >= 0.6 is 0 Å². The number of anilines is 1. The Labute approximate surface area is 192 Å². The van der Waals surface area contributed by atoms with Crippen LogP contribution in [0.2, 0.25) is 0 Å². The van der Waals surface area contributed by atoms with Crippen LogP contribution in [-0.4, -0.2) is 61.9 Å². The van der Waals surface area contributed by atoms with Gasteiger partial charge in [0.2, 0.25) is 0 Å². The van der Waals surface area contributed by atoms with E-state index in [2.05, 4.69) is 48.8 Å². The molecule has 1 aromatic carbocycles. The number of nitrogens with zero attached hydrogens (tertiary/aromatic N) is 2. The van der Waals surface area contributed by atoms with Gasteiger partial charge in [-0.2, -0.15) is 0 Å². The quantitative estimate of drug-likeness (QED) is 0.528. The zero-order chi connectivity index (χ0) is 22.1. The van der Waals surface area contributed by atoms with Crippen molar-refractivity contribution in [3.8, 4) is 0 Å². The highest BCUT2D eigenvalue weighted by atomic mass is 16.6. The van der Waals surface area contributed by atoms with E-state index in [9.17, 15) is 4.79 Å². The molecule has 5 fully saturated rings. The lowest BCUT2D eigenvalue weighted by Crippen LogP contribution is -2.52. The molecule has 6 rings (SSSR count). The van der Waals surface area contributed by atoms with Gasteiger partial charge in [-0.1, -0.05) is 13.0 Å². The minimum atomic E-state index is 0.0374. The lowest BCUT2D eigenvalue weighted by Gasteiger charge is -2.51. The molecule has 0 N–H and O–H groups in total. The molecule has 5 nitrogen and oxygen atoms in total. The van der Waals surface area contributed by atoms with Gasteiger partial charge in [-0.05, 0) is 80.5 Å². The molecule has 6 atom stereocenters. The maximum atomic E-state index is 13.0. The van der Waals surface area contributed by atoms with E-state index in [0.29, 0.717) is 11.8 Å². The molecule has 3 saturated heterocycles. The minimum Gasteiger partial charge on any atom is -0.462 e. The Bertz CT molecular complexity index is 904. The minimum absolute atomic E-state index is 0.0374. The maximum absolute atomic E-state index is 13.0. The van der Waals surface area contributed by atoms with Crippen molar-refractivity contribution in [2.24, 2.45) is 23.2 Å². The van der Waals surface area contributed by atoms with Gasteiger partial charge in [0.25, 0.3) is 0 Å². The molecular formula is C27H38N2O3. The Kier molecular flexibility index (Phi) is 4.89. The summed E-state index contributed by atoms with van der Waals surface area (Å²) >= 11 is 0. The van der Waals surface area contributed by atoms with E-state index in [4.69, 9.17) is 9.47 Å². The first kappa shape index (κ1) is 21.0. The molecule has 0 radical (unpaired) electrons. The Morgan fingerprint density at radius 2 is 1.88 bits per heavy atom. The third-order valence-electron chi connectivity index (χ3n) is 9.76. The van der Waals surface area contributed by atoms with Crippen LogP contribution in [0.15, 0.2) is 18.2 Å². The monoisotopic (exact) mass is 438 g/mol. The average molecular weight is 439 g/mol. The van der Waals surface area contributed by atoms with Crippen LogP contribution in [0.25, 0.3) is 0 Å². The normalized spacial score (nSPS) is 41.3. The molecule has 5 aliphatic rings. The number of aryl methyl sites for hydroxylation is 2. The zero-order valence-corrected chi connectivity index (χ0v) is 19.9. The summed E-state index contributed by atoms with van der Waals surface area (Å²) in [5, 5.41) is 0. The van der Waals surface area contributed by atoms with E-state index in [1.54, 1.807) is 0 Å². The number of hydrogen-bond acceptors (Lipinski definition) is 5. The number of carbonyl (C=O) groups excluding carboxylic acids is 1. The molecule has 5 heteroatoms. The Balaban J connectivity index is 1.11. The Hall–Kier alpha value is -1.59. The second-order valence-corrected chi connectivity index (χ2v) is 11.7. The molecule has 1 aromatic rings. The van der Waals surface area contributed by atoms with Crippen molar-refractivity contribution >= 4 is 11.7 Å². The van der Waals surface area contributed by atoms with Crippen LogP contribution in [0.3, 0.4) is 0 Å². The molecule has 0 aromatic heterocycles. The average Bonchev–Trinajstić information content (AvgIpc) is 3.47. The summed E-state index contributed by atoms with van der Waals surface area (Å²) in [5.41, 5.74) is 4.44. The van der Waals surface area contributed by atoms with Crippen LogP contribution in [0, 0.1) is 37.0 Å². The zero-order valence-electron chi connectivity index (χ0n) is 19.9. The van der Waals surface area contributed by atoms with Crippen molar-refractivity contribution < 1.29 is 14.3 Å². The van der Waals surface area contributed by atoms with E-state index in [1.807, 2.05) is 0 Å². The fourth-order valence-corrected chi connectivity index (χ4v) is 7.55. The first-order valence-corrected chi connectivity index (χ1v) is 12.8. The van der Waals surface area contributed by atoms with Crippen LogP contribution in [0.4, 0.5) is 5.69 Å². The fraction of sp³-hybridized carbons (Fsp3) is 0.741. The molecular weight excluding hydrogens is 400 g/mol. The first-order valence-electron chi connectivity index (χ1n) is 12.8. The molecule has 3 aliphatic heterocycles. The molecule has 0 bridgehead atoms. The molecule has 2 aliphatic carbocycles. The number of epoxide rings is 1. The number of hydrogen-bond donors (Lipinski definition) is 0. The maximum Gasteiger partial charge on any atom is 0.310 e. The van der Waals surface area contributed by atoms with Gasteiger partial charge in [-0.3, -0.25) is 9.69 Å². The molecule has 174 valence electrons. The number of piperazine rings is 1. The van der Waals surface area contributed by atoms with Crippen molar-refractivity contribution in [3.05, 3.63) is 29.3 Å². The van der Waals surface area contributed by atoms with E-state index in [0.717, 1.165) is 52.2 Å². The van der Waals surface area contributed by atoms with Crippen LogP contribution < -0.4 is 4.90 Å². The highest BCUT2D eigenvalue weighted by Crippen LogP contribution is 2.62. The van der Waals surface area contributed by atoms with Gasteiger partial charge in [0.15, 0.2) is 0 Å². The summed E-state index contributed by atoms with van der Waals surface area (Å²) in [6, 6.07) is 6.78. The first-order chi connectivity index (χ1) is 15.4. The largest absolute Gasteiger partial charge is 0.462 e. The summed E-state index contributed by atoms with van der Waals surface area (Å²) < 4.78 is 12.1. The van der Waals surface area contributed by atoms with Gasteiger partial charge < -0.3 is 14.4 Å². The number of esters is 1. The van der Waals surface area contributed by atoms with Gasteiger partial charge in [-0.25, -0.2) is 0 Å². The van der Waals surface area contributed by atoms with Crippen LogP contribution in [-0.2, 0) is 14.3 Å². The molecule has 0 unspecified atom stereocenters. The Morgan fingerprint density at radius 3 is 2.59 bits per heavy atom. The fourth-order valence-electron chi connectivity index (χ4n) is 7.55. The predicted molar refractivity (Wildman–Crippen MR) is 125 cm³/mol. The van der Waals surface area contributed by atoms with Gasteiger partial charge in [0.1, 0.15) is 6.10 Å². The SMILES string of the molecule is Cc1ccc(N2CCN(C[C@@H]3C(=O)O[C@@H]4C[C@@]5(C)CCC[C@]6(CO6)[C@@H]5C[C@@H]34)CC2)cc1C. The van der Waals surface area contributed by atoms with Gasteiger partial charge in [0.05, 0.1) is 18.1 Å².